The Morgan fingerprint density at radius 3 is 2.57 bits per heavy atom. The van der Waals surface area contributed by atoms with Gasteiger partial charge in [-0.05, 0) is 18.6 Å². The number of nitrogen functional groups attached to an aromatic ring is 1. The number of fused-ring (bicyclic) bond motifs is 2. The Hall–Kier alpha value is -1.22. The van der Waals surface area contributed by atoms with E-state index in [1.54, 1.807) is 0 Å². The minimum absolute atomic E-state index is 0.554. The van der Waals surface area contributed by atoms with Crippen molar-refractivity contribution in [2.24, 2.45) is 0 Å². The molecule has 0 radical (unpaired) electrons. The maximum absolute atomic E-state index is 5.95. The minimum Gasteiger partial charge on any atom is -0.397 e. The van der Waals surface area contributed by atoms with Crippen LogP contribution in [0.1, 0.15) is 6.42 Å². The summed E-state index contributed by atoms with van der Waals surface area (Å²) < 4.78 is 5.44. The molecule has 0 aromatic heterocycles. The van der Waals surface area contributed by atoms with Crippen molar-refractivity contribution >= 4 is 11.4 Å². The number of ether oxygens (including phenoxy) is 1. The largest absolute Gasteiger partial charge is 0.397 e. The molecule has 2 heterocycles. The smallest absolute Gasteiger partial charge is 0.0672 e. The molecule has 2 N–H and O–H groups in total. The summed E-state index contributed by atoms with van der Waals surface area (Å²) in [5, 5.41) is 0. The van der Waals surface area contributed by atoms with Gasteiger partial charge in [-0.3, -0.25) is 0 Å². The number of hydrogen-bond donors (Lipinski definition) is 1. The van der Waals surface area contributed by atoms with Gasteiger partial charge in [0.15, 0.2) is 0 Å². The summed E-state index contributed by atoms with van der Waals surface area (Å²) >= 11 is 0. The average molecular weight is 190 g/mol. The van der Waals surface area contributed by atoms with Crippen LogP contribution in [0.4, 0.5) is 11.4 Å². The Morgan fingerprint density at radius 2 is 1.93 bits per heavy atom. The van der Waals surface area contributed by atoms with Gasteiger partial charge in [-0.2, -0.15) is 0 Å². The zero-order valence-corrected chi connectivity index (χ0v) is 8.02. The lowest BCUT2D eigenvalue weighted by Crippen LogP contribution is -2.64. The Bertz CT molecular complexity index is 339. The predicted octanol–water partition coefficient (Wildman–Crippen LogP) is 1.25. The van der Waals surface area contributed by atoms with Crippen LogP contribution in [0.5, 0.6) is 0 Å². The average Bonchev–Trinajstić information content (AvgIpc) is 2.22. The zero-order valence-electron chi connectivity index (χ0n) is 8.02. The monoisotopic (exact) mass is 190 g/mol. The molecule has 2 saturated heterocycles. The summed E-state index contributed by atoms with van der Waals surface area (Å²) in [6.45, 7) is 1.70. The third-order valence-corrected chi connectivity index (χ3v) is 3.17. The van der Waals surface area contributed by atoms with E-state index in [9.17, 15) is 0 Å². The Kier molecular flexibility index (Phi) is 1.67. The van der Waals surface area contributed by atoms with Gasteiger partial charge in [0, 0.05) is 0 Å². The van der Waals surface area contributed by atoms with Gasteiger partial charge < -0.3 is 15.4 Å². The van der Waals surface area contributed by atoms with E-state index in [2.05, 4.69) is 11.0 Å². The van der Waals surface area contributed by atoms with Crippen LogP contribution in [0, 0.1) is 0 Å². The van der Waals surface area contributed by atoms with Crippen molar-refractivity contribution in [1.29, 1.82) is 0 Å². The number of benzene rings is 1. The molecule has 0 saturated carbocycles. The molecular formula is C11H14N2O. The topological polar surface area (TPSA) is 38.5 Å². The Labute approximate surface area is 83.5 Å². The molecule has 14 heavy (non-hydrogen) atoms. The fraction of sp³-hybridized carbons (Fsp3) is 0.455. The molecule has 3 rings (SSSR count). The third-order valence-electron chi connectivity index (χ3n) is 3.17. The Morgan fingerprint density at radius 1 is 1.21 bits per heavy atom. The van der Waals surface area contributed by atoms with Gasteiger partial charge in [-0.1, -0.05) is 12.1 Å². The van der Waals surface area contributed by atoms with Gasteiger partial charge >= 0.3 is 0 Å². The molecular weight excluding hydrogens is 176 g/mol. The van der Waals surface area contributed by atoms with E-state index in [0.717, 1.165) is 18.9 Å². The van der Waals surface area contributed by atoms with Crippen LogP contribution in [-0.4, -0.2) is 25.3 Å². The second-order valence-electron chi connectivity index (χ2n) is 4.05. The molecule has 3 heteroatoms. The van der Waals surface area contributed by atoms with Gasteiger partial charge in [0.25, 0.3) is 0 Å². The molecule has 1 aromatic rings. The first kappa shape index (κ1) is 8.12. The highest BCUT2D eigenvalue weighted by molar-refractivity contribution is 5.69. The molecule has 2 bridgehead atoms. The van der Waals surface area contributed by atoms with Crippen molar-refractivity contribution in [2.75, 3.05) is 23.8 Å². The van der Waals surface area contributed by atoms with Crippen LogP contribution in [0.3, 0.4) is 0 Å². The third kappa shape index (κ3) is 1.02. The van der Waals surface area contributed by atoms with E-state index >= 15 is 0 Å². The first-order valence-corrected chi connectivity index (χ1v) is 5.07. The number of hydrogen-bond acceptors (Lipinski definition) is 3. The van der Waals surface area contributed by atoms with Crippen molar-refractivity contribution in [1.82, 2.24) is 0 Å². The normalized spacial score (nSPS) is 29.9. The van der Waals surface area contributed by atoms with Gasteiger partial charge in [0.2, 0.25) is 0 Å². The SMILES string of the molecule is Nc1ccccc1N1C2COCC1C2. The first-order chi connectivity index (χ1) is 6.86. The van der Waals surface area contributed by atoms with Crippen molar-refractivity contribution in [3.8, 4) is 0 Å². The van der Waals surface area contributed by atoms with Crippen molar-refractivity contribution in [3.05, 3.63) is 24.3 Å². The molecule has 2 fully saturated rings. The molecule has 1 aromatic carbocycles. The quantitative estimate of drug-likeness (QED) is 0.677. The maximum Gasteiger partial charge on any atom is 0.0672 e. The van der Waals surface area contributed by atoms with Gasteiger partial charge in [-0.25, -0.2) is 0 Å². The van der Waals surface area contributed by atoms with Gasteiger partial charge in [0.1, 0.15) is 0 Å². The predicted molar refractivity (Wildman–Crippen MR) is 56.3 cm³/mol. The molecule has 2 aliphatic rings. The molecule has 2 aliphatic heterocycles. The van der Waals surface area contributed by atoms with E-state index in [-0.39, 0.29) is 0 Å². The lowest BCUT2D eigenvalue weighted by molar-refractivity contribution is 0.0104. The molecule has 0 amide bonds. The van der Waals surface area contributed by atoms with Crippen LogP contribution in [0.25, 0.3) is 0 Å². The molecule has 2 unspecified atom stereocenters. The highest BCUT2D eigenvalue weighted by Crippen LogP contribution is 2.38. The van der Waals surface area contributed by atoms with E-state index in [0.29, 0.717) is 12.1 Å². The maximum atomic E-state index is 5.95. The van der Waals surface area contributed by atoms with Crippen molar-refractivity contribution in [3.63, 3.8) is 0 Å². The van der Waals surface area contributed by atoms with Gasteiger partial charge in [-0.15, -0.1) is 0 Å². The fourth-order valence-corrected chi connectivity index (χ4v) is 2.45. The second kappa shape index (κ2) is 2.89. The summed E-state index contributed by atoms with van der Waals surface area (Å²) in [4.78, 5) is 2.40. The number of nitrogens with zero attached hydrogens (tertiary/aromatic N) is 1. The highest BCUT2D eigenvalue weighted by atomic mass is 16.5. The summed E-state index contributed by atoms with van der Waals surface area (Å²) in [7, 11) is 0. The van der Waals surface area contributed by atoms with Crippen LogP contribution in [0.2, 0.25) is 0 Å². The summed E-state index contributed by atoms with van der Waals surface area (Å²) in [5.41, 5.74) is 8.01. The van der Waals surface area contributed by atoms with Gasteiger partial charge in [0.05, 0.1) is 36.7 Å². The van der Waals surface area contributed by atoms with Crippen molar-refractivity contribution < 1.29 is 4.74 Å². The zero-order chi connectivity index (χ0) is 9.54. The molecule has 74 valence electrons. The summed E-state index contributed by atoms with van der Waals surface area (Å²) in [5.74, 6) is 0. The molecule has 0 aliphatic carbocycles. The van der Waals surface area contributed by atoms with E-state index in [4.69, 9.17) is 10.5 Å². The van der Waals surface area contributed by atoms with Crippen LogP contribution in [-0.2, 0) is 4.74 Å². The van der Waals surface area contributed by atoms with E-state index in [1.807, 2.05) is 18.2 Å². The Balaban J connectivity index is 1.93. The first-order valence-electron chi connectivity index (χ1n) is 5.07. The summed E-state index contributed by atoms with van der Waals surface area (Å²) in [6, 6.07) is 9.19. The molecule has 2 atom stereocenters. The number of anilines is 2. The number of morpholine rings is 1. The molecule has 0 spiro atoms. The molecule has 3 nitrogen and oxygen atoms in total. The van der Waals surface area contributed by atoms with Crippen LogP contribution < -0.4 is 10.6 Å². The van der Waals surface area contributed by atoms with E-state index in [1.165, 1.54) is 12.1 Å². The fourth-order valence-electron chi connectivity index (χ4n) is 2.45. The van der Waals surface area contributed by atoms with Crippen LogP contribution >= 0.6 is 0 Å². The van der Waals surface area contributed by atoms with Crippen LogP contribution in [0.15, 0.2) is 24.3 Å². The summed E-state index contributed by atoms with van der Waals surface area (Å²) in [6.07, 6.45) is 1.26. The van der Waals surface area contributed by atoms with E-state index < -0.39 is 0 Å². The number of nitrogens with two attached hydrogens (primary N) is 1. The number of para-hydroxylation sites is 2. The highest BCUT2D eigenvalue weighted by Gasteiger charge is 2.42. The standard InChI is InChI=1S/C11H14N2O/c12-10-3-1-2-4-11(10)13-8-5-9(13)7-14-6-8/h1-4,8-9H,5-7,12H2. The lowest BCUT2D eigenvalue weighted by Gasteiger charge is -2.54. The van der Waals surface area contributed by atoms with Crippen molar-refractivity contribution in [2.45, 2.75) is 18.5 Å². The lowest BCUT2D eigenvalue weighted by atomic mass is 9.90. The minimum atomic E-state index is 0.554. The number of rotatable bonds is 1. The second-order valence-corrected chi connectivity index (χ2v) is 4.05.